The number of anilines is 2. The number of imidazole rings is 1. The lowest BCUT2D eigenvalue weighted by Gasteiger charge is -2.22. The number of hydrogen-bond acceptors (Lipinski definition) is 3. The highest BCUT2D eigenvalue weighted by atomic mass is 15.4. The lowest BCUT2D eigenvalue weighted by atomic mass is 10.2. The van der Waals surface area contributed by atoms with Gasteiger partial charge in [-0.25, -0.2) is 9.13 Å². The van der Waals surface area contributed by atoms with Gasteiger partial charge in [0.05, 0.1) is 19.8 Å². The van der Waals surface area contributed by atoms with E-state index in [-0.39, 0.29) is 0 Å². The average Bonchev–Trinajstić information content (AvgIpc) is 2.85. The fourth-order valence-corrected chi connectivity index (χ4v) is 2.46. The van der Waals surface area contributed by atoms with Crippen molar-refractivity contribution in [1.82, 2.24) is 4.57 Å². The molecular weight excluding hydrogens is 274 g/mol. The van der Waals surface area contributed by atoms with E-state index in [1.165, 1.54) is 5.69 Å². The van der Waals surface area contributed by atoms with Crippen molar-refractivity contribution >= 4 is 17.6 Å². The Kier molecular flexibility index (Phi) is 5.20. The largest absolute Gasteiger partial charge is 0.372 e. The first-order valence-electron chi connectivity index (χ1n) is 7.70. The SMILES string of the molecule is CCN(CC)c1ccc(N(C)/N=C/c2n(C)cc[n+]2C)cc1. The molecular formula is C17H26N5+. The van der Waals surface area contributed by atoms with Crippen LogP contribution in [0.25, 0.3) is 0 Å². The third-order valence-corrected chi connectivity index (χ3v) is 3.93. The van der Waals surface area contributed by atoms with Crippen LogP contribution in [0.1, 0.15) is 19.7 Å². The van der Waals surface area contributed by atoms with Gasteiger partial charge < -0.3 is 4.90 Å². The third-order valence-electron chi connectivity index (χ3n) is 3.93. The fourth-order valence-electron chi connectivity index (χ4n) is 2.46. The Morgan fingerprint density at radius 3 is 2.23 bits per heavy atom. The minimum Gasteiger partial charge on any atom is -0.372 e. The van der Waals surface area contributed by atoms with Crippen LogP contribution in [0.3, 0.4) is 0 Å². The Balaban J connectivity index is 2.11. The third kappa shape index (κ3) is 3.47. The zero-order valence-corrected chi connectivity index (χ0v) is 14.2. The summed E-state index contributed by atoms with van der Waals surface area (Å²) in [5, 5.41) is 6.41. The van der Waals surface area contributed by atoms with E-state index < -0.39 is 0 Å². The monoisotopic (exact) mass is 300 g/mol. The minimum absolute atomic E-state index is 1.02. The van der Waals surface area contributed by atoms with Gasteiger partial charge in [0.2, 0.25) is 0 Å². The Bertz CT molecular complexity index is 603. The summed E-state index contributed by atoms with van der Waals surface area (Å²) in [6.07, 6.45) is 5.90. The summed E-state index contributed by atoms with van der Waals surface area (Å²) in [4.78, 5) is 2.33. The summed E-state index contributed by atoms with van der Waals surface area (Å²) in [5.41, 5.74) is 2.32. The zero-order chi connectivity index (χ0) is 16.1. The van der Waals surface area contributed by atoms with Gasteiger partial charge >= 0.3 is 5.82 Å². The summed E-state index contributed by atoms with van der Waals surface area (Å²) in [5.74, 6) is 1.05. The summed E-state index contributed by atoms with van der Waals surface area (Å²) in [6, 6.07) is 8.51. The molecule has 1 heterocycles. The summed E-state index contributed by atoms with van der Waals surface area (Å²) < 4.78 is 4.08. The Morgan fingerprint density at radius 2 is 1.73 bits per heavy atom. The summed E-state index contributed by atoms with van der Waals surface area (Å²) >= 11 is 0. The number of nitrogens with zero attached hydrogens (tertiary/aromatic N) is 5. The summed E-state index contributed by atoms with van der Waals surface area (Å²) in [6.45, 7) is 6.39. The molecule has 0 spiro atoms. The van der Waals surface area contributed by atoms with Crippen LogP contribution in [0, 0.1) is 0 Å². The van der Waals surface area contributed by atoms with E-state index in [0.29, 0.717) is 0 Å². The van der Waals surface area contributed by atoms with Crippen LogP contribution < -0.4 is 14.5 Å². The van der Waals surface area contributed by atoms with Crippen molar-refractivity contribution in [3.05, 3.63) is 42.5 Å². The summed E-state index contributed by atoms with van der Waals surface area (Å²) in [7, 11) is 5.99. The first-order valence-corrected chi connectivity index (χ1v) is 7.70. The van der Waals surface area contributed by atoms with Crippen LogP contribution in [-0.2, 0) is 14.1 Å². The van der Waals surface area contributed by atoms with Gasteiger partial charge in [0.1, 0.15) is 18.6 Å². The molecule has 0 N–H and O–H groups in total. The molecule has 118 valence electrons. The van der Waals surface area contributed by atoms with Crippen molar-refractivity contribution in [2.75, 3.05) is 30.0 Å². The smallest absolute Gasteiger partial charge is 0.301 e. The molecule has 0 radical (unpaired) electrons. The normalized spacial score (nSPS) is 11.1. The molecule has 0 unspecified atom stereocenters. The van der Waals surface area contributed by atoms with Gasteiger partial charge in [0, 0.05) is 25.8 Å². The first kappa shape index (κ1) is 16.1. The average molecular weight is 300 g/mol. The number of hydrazone groups is 1. The number of hydrogen-bond donors (Lipinski definition) is 0. The van der Waals surface area contributed by atoms with E-state index in [1.54, 1.807) is 0 Å². The van der Waals surface area contributed by atoms with Crippen LogP contribution >= 0.6 is 0 Å². The van der Waals surface area contributed by atoms with Crippen LogP contribution in [-0.4, -0.2) is 30.9 Å². The van der Waals surface area contributed by atoms with Crippen LogP contribution in [0.2, 0.25) is 0 Å². The molecule has 0 saturated heterocycles. The van der Waals surface area contributed by atoms with E-state index in [0.717, 1.165) is 24.6 Å². The molecule has 0 aliphatic rings. The van der Waals surface area contributed by atoms with Crippen molar-refractivity contribution in [2.45, 2.75) is 13.8 Å². The molecule has 1 aromatic carbocycles. The van der Waals surface area contributed by atoms with Gasteiger partial charge in [-0.05, 0) is 38.1 Å². The zero-order valence-electron chi connectivity index (χ0n) is 14.2. The maximum atomic E-state index is 4.53. The highest BCUT2D eigenvalue weighted by Gasteiger charge is 2.08. The van der Waals surface area contributed by atoms with Gasteiger partial charge in [-0.15, -0.1) is 0 Å². The second-order valence-electron chi connectivity index (χ2n) is 5.34. The maximum Gasteiger partial charge on any atom is 0.301 e. The second kappa shape index (κ2) is 7.11. The molecule has 0 amide bonds. The maximum absolute atomic E-state index is 4.53. The molecule has 2 aromatic rings. The van der Waals surface area contributed by atoms with Crippen LogP contribution in [0.15, 0.2) is 41.8 Å². The van der Waals surface area contributed by atoms with Gasteiger partial charge in [0.25, 0.3) is 0 Å². The van der Waals surface area contributed by atoms with E-state index >= 15 is 0 Å². The van der Waals surface area contributed by atoms with Gasteiger partial charge in [-0.1, -0.05) is 0 Å². The predicted molar refractivity (Wildman–Crippen MR) is 92.6 cm³/mol. The number of aromatic nitrogens is 2. The van der Waals surface area contributed by atoms with E-state index in [2.05, 4.69) is 48.1 Å². The molecule has 5 heteroatoms. The quantitative estimate of drug-likeness (QED) is 0.464. The molecule has 2 rings (SSSR count). The van der Waals surface area contributed by atoms with E-state index in [1.807, 2.05) is 53.9 Å². The van der Waals surface area contributed by atoms with Crippen molar-refractivity contribution in [1.29, 1.82) is 0 Å². The van der Waals surface area contributed by atoms with Gasteiger partial charge in [-0.2, -0.15) is 5.10 Å². The topological polar surface area (TPSA) is 27.6 Å². The first-order chi connectivity index (χ1) is 10.6. The molecule has 0 bridgehead atoms. The molecule has 5 nitrogen and oxygen atoms in total. The minimum atomic E-state index is 1.02. The Morgan fingerprint density at radius 1 is 1.14 bits per heavy atom. The molecule has 0 fully saturated rings. The van der Waals surface area contributed by atoms with Crippen LogP contribution in [0.4, 0.5) is 11.4 Å². The highest BCUT2D eigenvalue weighted by molar-refractivity contribution is 5.74. The van der Waals surface area contributed by atoms with Crippen molar-refractivity contribution < 1.29 is 4.57 Å². The fraction of sp³-hybridized carbons (Fsp3) is 0.412. The lowest BCUT2D eigenvalue weighted by Crippen LogP contribution is -2.32. The predicted octanol–water partition coefficient (Wildman–Crippen LogP) is 2.17. The molecule has 0 saturated carbocycles. The molecule has 0 aliphatic carbocycles. The molecule has 1 aromatic heterocycles. The van der Waals surface area contributed by atoms with Crippen molar-refractivity contribution in [2.24, 2.45) is 19.2 Å². The molecule has 22 heavy (non-hydrogen) atoms. The van der Waals surface area contributed by atoms with E-state index in [4.69, 9.17) is 0 Å². The van der Waals surface area contributed by atoms with E-state index in [9.17, 15) is 0 Å². The van der Waals surface area contributed by atoms with Gasteiger partial charge in [-0.3, -0.25) is 5.01 Å². The Labute approximate surface area is 133 Å². The number of rotatable bonds is 6. The van der Waals surface area contributed by atoms with Crippen molar-refractivity contribution in [3.8, 4) is 0 Å². The molecule has 0 atom stereocenters. The molecule has 0 aliphatic heterocycles. The standard InChI is InChI=1S/C17H26N5/c1-6-22(7-2)16-10-8-15(9-11-16)21(5)18-14-17-19(3)12-13-20(17)4/h8-14H,6-7H2,1-5H3/q+1. The number of benzene rings is 1. The number of aryl methyl sites for hydroxylation is 2. The van der Waals surface area contributed by atoms with Crippen LogP contribution in [0.5, 0.6) is 0 Å². The van der Waals surface area contributed by atoms with Gasteiger partial charge in [0.15, 0.2) is 0 Å². The van der Waals surface area contributed by atoms with Crippen molar-refractivity contribution in [3.63, 3.8) is 0 Å². The lowest BCUT2D eigenvalue weighted by molar-refractivity contribution is -0.671. The second-order valence-corrected chi connectivity index (χ2v) is 5.34. The Hall–Kier alpha value is -2.30. The highest BCUT2D eigenvalue weighted by Crippen LogP contribution is 2.20.